The van der Waals surface area contributed by atoms with Crippen molar-refractivity contribution in [2.75, 3.05) is 0 Å². The van der Waals surface area contributed by atoms with Gasteiger partial charge in [-0.1, -0.05) is 0 Å². The topological polar surface area (TPSA) is 0 Å². The molecule has 3 radical (unpaired) electrons. The van der Waals surface area contributed by atoms with Crippen LogP contribution in [0.2, 0.25) is 0 Å². The quantitative estimate of drug-likeness (QED) is 0.431. The van der Waals surface area contributed by atoms with E-state index in [2.05, 4.69) is 13.8 Å². The van der Waals surface area contributed by atoms with Gasteiger partial charge in [0.25, 0.3) is 6.08 Å². The molecule has 6 heavy (non-hydrogen) atoms. The monoisotopic (exact) mass is 95.0 g/mol. The van der Waals surface area contributed by atoms with E-state index in [0.717, 1.165) is 0 Å². The first-order valence-electron chi connectivity index (χ1n) is 0.921. The van der Waals surface area contributed by atoms with Gasteiger partial charge in [-0.2, -0.15) is 8.78 Å². The Balaban J connectivity index is 0. The van der Waals surface area contributed by atoms with E-state index in [9.17, 15) is 8.78 Å². The predicted octanol–water partition coefficient (Wildman–Crippen LogP) is 1.90. The van der Waals surface area contributed by atoms with Gasteiger partial charge in [0.2, 0.25) is 7.18 Å². The van der Waals surface area contributed by atoms with Gasteiger partial charge in [0.15, 0.2) is 0 Å². The minimum Gasteiger partial charge on any atom is -0.232 e. The van der Waals surface area contributed by atoms with Crippen molar-refractivity contribution in [3.05, 3.63) is 19.8 Å². The fraction of sp³-hybridized carbons (Fsp3) is 0. The maximum atomic E-state index is 10.1. The molecule has 0 heterocycles. The van der Waals surface area contributed by atoms with Crippen LogP contribution in [0.5, 0.6) is 0 Å². The van der Waals surface area contributed by atoms with Crippen molar-refractivity contribution in [1.29, 1.82) is 0 Å². The summed E-state index contributed by atoms with van der Waals surface area (Å²) < 4.78 is 29.0. The van der Waals surface area contributed by atoms with Gasteiger partial charge < -0.3 is 0 Å². The minimum absolute atomic E-state index is 1.83. The average Bonchev–Trinajstić information content (AvgIpc) is 1.41. The van der Waals surface area contributed by atoms with Gasteiger partial charge in [0.05, 0.1) is 0 Å². The van der Waals surface area contributed by atoms with E-state index in [-0.39, 0.29) is 0 Å². The average molecular weight is 95.0 g/mol. The zero-order chi connectivity index (χ0) is 5.58. The normalized spacial score (nSPS) is 5.33. The molecule has 0 aromatic rings. The molecule has 0 aliphatic heterocycles. The van der Waals surface area contributed by atoms with Crippen LogP contribution in [0.4, 0.5) is 13.2 Å². The van der Waals surface area contributed by atoms with Gasteiger partial charge in [-0.25, -0.2) is 4.39 Å². The second kappa shape index (κ2) is 8.82. The summed E-state index contributed by atoms with van der Waals surface area (Å²) in [5.74, 6) is 0. The van der Waals surface area contributed by atoms with Crippen LogP contribution in [0.3, 0.4) is 0 Å². The summed E-state index contributed by atoms with van der Waals surface area (Å²) >= 11 is 0. The summed E-state index contributed by atoms with van der Waals surface area (Å²) in [5, 5.41) is 0. The summed E-state index contributed by atoms with van der Waals surface area (Å²) in [6.45, 7) is 2.22. The fourth-order valence-electron chi connectivity index (χ4n) is 0. The lowest BCUT2D eigenvalue weighted by Gasteiger charge is -1.54. The molecule has 0 bridgehead atoms. The molecule has 0 rings (SSSR count). The molecule has 0 aromatic heterocycles. The Hall–Kier alpha value is -0.470. The summed E-state index contributed by atoms with van der Waals surface area (Å²) in [7, 11) is 4.25. The fourth-order valence-corrected chi connectivity index (χ4v) is 0. The van der Waals surface area contributed by atoms with Crippen LogP contribution in [-0.2, 0) is 0 Å². The first-order valence-corrected chi connectivity index (χ1v) is 0.921. The first kappa shape index (κ1) is 9.11. The van der Waals surface area contributed by atoms with Crippen LogP contribution < -0.4 is 0 Å². The Kier molecular flexibility index (Phi) is 13.4. The minimum atomic E-state index is -1.83. The van der Waals surface area contributed by atoms with E-state index < -0.39 is 6.08 Å². The first-order chi connectivity index (χ1) is 2.73. The van der Waals surface area contributed by atoms with Gasteiger partial charge in [0.1, 0.15) is 0 Å². The Bertz CT molecular complexity index is 29.0. The molecule has 35 valence electrons. The largest absolute Gasteiger partial charge is 0.263 e. The second-order valence-corrected chi connectivity index (χ2v) is 0.339. The molecule has 0 amide bonds. The third kappa shape index (κ3) is 102. The lowest BCUT2D eigenvalue weighted by atomic mass is 11.2. The van der Waals surface area contributed by atoms with E-state index in [0.29, 0.717) is 0 Å². The molecule has 0 spiro atoms. The highest BCUT2D eigenvalue weighted by Gasteiger charge is 1.65. The lowest BCUT2D eigenvalue weighted by Crippen LogP contribution is -1.33. The molecule has 0 saturated heterocycles. The molecule has 0 aromatic carbocycles. The maximum absolute atomic E-state index is 10.1. The van der Waals surface area contributed by atoms with E-state index in [1.54, 1.807) is 0 Å². The van der Waals surface area contributed by atoms with Crippen LogP contribution in [0, 0.1) is 7.18 Å². The van der Waals surface area contributed by atoms with Gasteiger partial charge in [-0.05, 0) is 6.58 Å². The zero-order valence-electron chi connectivity index (χ0n) is 2.84. The molecule has 0 fully saturated rings. The molecule has 0 N–H and O–H groups in total. The van der Waals surface area contributed by atoms with Crippen molar-refractivity contribution in [3.63, 3.8) is 0 Å². The van der Waals surface area contributed by atoms with Gasteiger partial charge in [-0.15, -0.1) is 0 Å². The molecular formula is C3H2F3. The van der Waals surface area contributed by atoms with E-state index >= 15 is 0 Å². The summed E-state index contributed by atoms with van der Waals surface area (Å²) in [5.41, 5.74) is 0. The standard InChI is InChI=1S/C2H2F2.CF/c1-2(3)4;1-2/h1H2;. The smallest absolute Gasteiger partial charge is 0.232 e. The van der Waals surface area contributed by atoms with E-state index in [4.69, 9.17) is 4.39 Å². The molecule has 0 saturated carbocycles. The third-order valence-corrected chi connectivity index (χ3v) is 0. The van der Waals surface area contributed by atoms with E-state index in [1.165, 1.54) is 0 Å². The number of hydrogen-bond donors (Lipinski definition) is 0. The molecule has 3 heteroatoms. The Morgan fingerprint density at radius 2 is 1.33 bits per heavy atom. The molecular weight excluding hydrogens is 93.0 g/mol. The van der Waals surface area contributed by atoms with Crippen molar-refractivity contribution >= 4 is 0 Å². The summed E-state index contributed by atoms with van der Waals surface area (Å²) in [6.07, 6.45) is -1.83. The highest BCUT2D eigenvalue weighted by atomic mass is 19.3. The molecule has 0 unspecified atom stereocenters. The van der Waals surface area contributed by atoms with Crippen LogP contribution in [0.1, 0.15) is 0 Å². The lowest BCUT2D eigenvalue weighted by molar-refractivity contribution is 0.426. The van der Waals surface area contributed by atoms with Crippen molar-refractivity contribution in [1.82, 2.24) is 0 Å². The summed E-state index contributed by atoms with van der Waals surface area (Å²) in [4.78, 5) is 0. The maximum Gasteiger partial charge on any atom is 0.263 e. The molecule has 0 nitrogen and oxygen atoms in total. The Labute approximate surface area is 34.3 Å². The molecule has 0 aliphatic rings. The highest BCUT2D eigenvalue weighted by Crippen LogP contribution is 1.85. The second-order valence-electron chi connectivity index (χ2n) is 0.339. The number of halogens is 3. The zero-order valence-corrected chi connectivity index (χ0v) is 2.84. The van der Waals surface area contributed by atoms with Crippen molar-refractivity contribution < 1.29 is 13.2 Å². The Morgan fingerprint density at radius 3 is 1.33 bits per heavy atom. The van der Waals surface area contributed by atoms with Crippen molar-refractivity contribution in [3.8, 4) is 0 Å². The molecule has 0 atom stereocenters. The van der Waals surface area contributed by atoms with Gasteiger partial charge in [0, 0.05) is 0 Å². The van der Waals surface area contributed by atoms with Crippen LogP contribution >= 0.6 is 0 Å². The number of hydrogen-bond acceptors (Lipinski definition) is 0. The molecule has 0 aliphatic carbocycles. The predicted molar refractivity (Wildman–Crippen MR) is 15.7 cm³/mol. The van der Waals surface area contributed by atoms with Gasteiger partial charge in [-0.3, -0.25) is 0 Å². The Morgan fingerprint density at radius 1 is 1.33 bits per heavy atom. The van der Waals surface area contributed by atoms with Crippen molar-refractivity contribution in [2.45, 2.75) is 0 Å². The third-order valence-electron chi connectivity index (χ3n) is 0. The van der Waals surface area contributed by atoms with Crippen LogP contribution in [0.15, 0.2) is 12.7 Å². The van der Waals surface area contributed by atoms with Gasteiger partial charge >= 0.3 is 0 Å². The number of rotatable bonds is 0. The summed E-state index contributed by atoms with van der Waals surface area (Å²) in [6, 6.07) is 0. The van der Waals surface area contributed by atoms with E-state index in [1.807, 2.05) is 0 Å². The van der Waals surface area contributed by atoms with Crippen molar-refractivity contribution in [2.24, 2.45) is 0 Å². The highest BCUT2D eigenvalue weighted by molar-refractivity contribution is 4.57. The van der Waals surface area contributed by atoms with Crippen LogP contribution in [0.25, 0.3) is 0 Å². The SMILES string of the molecule is C=C(F)F.[C]F. The van der Waals surface area contributed by atoms with Crippen LogP contribution in [-0.4, -0.2) is 0 Å².